The maximum Gasteiger partial charge on any atom is 0.00343 e. The number of rotatable bonds is 10. The molecule has 0 bridgehead atoms. The highest BCUT2D eigenvalue weighted by Gasteiger charge is 2.09. The molecule has 0 amide bonds. The molecule has 0 N–H and O–H groups in total. The van der Waals surface area contributed by atoms with Crippen LogP contribution in [-0.4, -0.2) is 12.3 Å². The summed E-state index contributed by atoms with van der Waals surface area (Å²) in [5.41, 5.74) is 0. The molecule has 0 radical (unpaired) electrons. The average Bonchev–Trinajstić information content (AvgIpc) is 2.20. The lowest BCUT2D eigenvalue weighted by Crippen LogP contribution is -1.90. The summed E-state index contributed by atoms with van der Waals surface area (Å²) in [7, 11) is 0. The molecule has 0 aromatic heterocycles. The number of thiol groups is 1. The van der Waals surface area contributed by atoms with Gasteiger partial charge in [0, 0.05) is 5.24 Å². The van der Waals surface area contributed by atoms with Crippen LogP contribution in [0.2, 0.25) is 0 Å². The number of unbranched alkanes of at least 4 members (excludes halogenated alkanes) is 6. The van der Waals surface area contributed by atoms with Crippen molar-refractivity contribution in [3.8, 4) is 0 Å². The van der Waals surface area contributed by atoms with Crippen molar-refractivity contribution in [1.82, 2.24) is 0 Å². The molecule has 0 aliphatic rings. The molecular weight excluding hydrogens is 239 g/mol. The van der Waals surface area contributed by atoms with Gasteiger partial charge in [-0.25, -0.2) is 0 Å². The van der Waals surface area contributed by atoms with E-state index in [0.29, 0.717) is 0 Å². The second-order valence-electron chi connectivity index (χ2n) is 4.41. The van der Waals surface area contributed by atoms with Gasteiger partial charge in [0.05, 0.1) is 0 Å². The molecule has 0 nitrogen and oxygen atoms in total. The fraction of sp³-hybridized carbons (Fsp3) is 1.00. The summed E-state index contributed by atoms with van der Waals surface area (Å²) in [6.07, 6.45) is 13.2. The van der Waals surface area contributed by atoms with Crippen LogP contribution < -0.4 is 0 Å². The van der Waals surface area contributed by atoms with E-state index in [1.165, 1.54) is 63.7 Å². The van der Waals surface area contributed by atoms with E-state index in [2.05, 4.69) is 13.8 Å². The topological polar surface area (TPSA) is 0 Å². The molecule has 0 saturated carbocycles. The van der Waals surface area contributed by atoms with Gasteiger partial charge in [-0.1, -0.05) is 64.2 Å². The zero-order valence-electron chi connectivity index (χ0n) is 10.4. The van der Waals surface area contributed by atoms with Gasteiger partial charge >= 0.3 is 0 Å². The molecule has 0 heterocycles. The van der Waals surface area contributed by atoms with Crippen molar-refractivity contribution in [3.63, 3.8) is 0 Å². The van der Waals surface area contributed by atoms with Crippen molar-refractivity contribution in [2.45, 2.75) is 65.2 Å². The first-order valence-electron chi connectivity index (χ1n) is 6.43. The molecule has 15 heavy (non-hydrogen) atoms. The molecule has 0 aliphatic heterocycles. The number of hydrogen-bond acceptors (Lipinski definition) is 1. The van der Waals surface area contributed by atoms with E-state index in [9.17, 15) is 0 Å². The summed E-state index contributed by atoms with van der Waals surface area (Å²) in [6.45, 7) is 4.49. The Morgan fingerprint density at radius 3 is 1.87 bits per heavy atom. The van der Waals surface area contributed by atoms with Gasteiger partial charge in [-0.05, 0) is 25.2 Å². The van der Waals surface area contributed by atoms with Gasteiger partial charge in [0.15, 0.2) is 0 Å². The lowest BCUT2D eigenvalue weighted by Gasteiger charge is -2.14. The smallest absolute Gasteiger partial charge is 0.00343 e. The molecule has 0 fully saturated rings. The van der Waals surface area contributed by atoms with Crippen molar-refractivity contribution >= 4 is 29.3 Å². The molecule has 92 valence electrons. The summed E-state index contributed by atoms with van der Waals surface area (Å²) < 4.78 is 0. The van der Waals surface area contributed by atoms with Gasteiger partial charge in [-0.2, -0.15) is 0 Å². The van der Waals surface area contributed by atoms with E-state index in [1.54, 1.807) is 0 Å². The molecule has 0 aliphatic carbocycles. The summed E-state index contributed by atoms with van der Waals surface area (Å²) in [5, 5.41) is -1.24. The van der Waals surface area contributed by atoms with E-state index in [0.717, 1.165) is 0 Å². The Labute approximate surface area is 107 Å². The first-order valence-corrected chi connectivity index (χ1v) is 10.8. The van der Waals surface area contributed by atoms with Gasteiger partial charge in [-0.15, -0.1) is 12.2 Å². The highest BCUT2D eigenvalue weighted by Crippen LogP contribution is 2.52. The fourth-order valence-corrected chi connectivity index (χ4v) is 5.03. The van der Waals surface area contributed by atoms with Crippen LogP contribution in [0.4, 0.5) is 0 Å². The largest absolute Gasteiger partial charge is 0.141 e. The first-order chi connectivity index (χ1) is 7.12. The Hall–Kier alpha value is 1.00. The normalized spacial score (nSPS) is 15.1. The van der Waals surface area contributed by atoms with Crippen LogP contribution in [0.15, 0.2) is 0 Å². The number of hydrogen-bond donors (Lipinski definition) is 1. The van der Waals surface area contributed by atoms with Gasteiger partial charge < -0.3 is 0 Å². The third-order valence-corrected chi connectivity index (χ3v) is 7.05. The van der Waals surface area contributed by atoms with Crippen molar-refractivity contribution in [3.05, 3.63) is 0 Å². The second-order valence-corrected chi connectivity index (χ2v) is 12.2. The van der Waals surface area contributed by atoms with E-state index in [1.807, 2.05) is 0 Å². The molecule has 0 aromatic rings. The summed E-state index contributed by atoms with van der Waals surface area (Å²) in [6, 6.07) is 0. The fourth-order valence-electron chi connectivity index (χ4n) is 1.66. The average molecular weight is 266 g/mol. The maximum atomic E-state index is 5.58. The van der Waals surface area contributed by atoms with Gasteiger partial charge in [-0.3, -0.25) is 0 Å². The van der Waals surface area contributed by atoms with E-state index in [-0.39, 0.29) is 0 Å². The van der Waals surface area contributed by atoms with Gasteiger partial charge in [0.2, 0.25) is 0 Å². The zero-order chi connectivity index (χ0) is 11.6. The zero-order valence-corrected chi connectivity index (χ0v) is 13.0. The third-order valence-electron chi connectivity index (χ3n) is 2.72. The molecular formula is C12H27PS2. The molecule has 1 unspecified atom stereocenters. The van der Waals surface area contributed by atoms with Gasteiger partial charge in [0.1, 0.15) is 0 Å². The minimum atomic E-state index is -1.24. The summed E-state index contributed by atoms with van der Waals surface area (Å²) in [4.78, 5) is 0. The summed E-state index contributed by atoms with van der Waals surface area (Å²) >= 11 is 10.3. The first kappa shape index (κ1) is 16.0. The Balaban J connectivity index is 3.36. The van der Waals surface area contributed by atoms with Crippen LogP contribution in [0.25, 0.3) is 0 Å². The van der Waals surface area contributed by atoms with Crippen LogP contribution in [0.3, 0.4) is 0 Å². The quantitative estimate of drug-likeness (QED) is 0.311. The van der Waals surface area contributed by atoms with E-state index in [4.69, 9.17) is 24.1 Å². The van der Waals surface area contributed by atoms with E-state index < -0.39 is 5.24 Å². The SMILES string of the molecule is CCCCCCCCP(=S)(S)CCCC. The van der Waals surface area contributed by atoms with Crippen LogP contribution in [0, 0.1) is 0 Å². The molecule has 0 saturated heterocycles. The lowest BCUT2D eigenvalue weighted by molar-refractivity contribution is 0.626. The monoisotopic (exact) mass is 266 g/mol. The Morgan fingerprint density at radius 1 is 0.800 bits per heavy atom. The molecule has 0 rings (SSSR count). The Kier molecular flexibility index (Phi) is 10.9. The predicted octanol–water partition coefficient (Wildman–Crippen LogP) is 5.47. The minimum absolute atomic E-state index is 1.21. The van der Waals surface area contributed by atoms with Crippen LogP contribution >= 0.6 is 17.5 Å². The van der Waals surface area contributed by atoms with Gasteiger partial charge in [0.25, 0.3) is 0 Å². The third kappa shape index (κ3) is 11.3. The summed E-state index contributed by atoms with van der Waals surface area (Å²) in [5.74, 6) is 0. The Bertz CT molecular complexity index is 180. The Morgan fingerprint density at radius 2 is 1.27 bits per heavy atom. The minimum Gasteiger partial charge on any atom is -0.141 e. The molecule has 3 heteroatoms. The maximum absolute atomic E-state index is 5.58. The lowest BCUT2D eigenvalue weighted by atomic mass is 10.1. The van der Waals surface area contributed by atoms with Crippen molar-refractivity contribution in [2.75, 3.05) is 12.3 Å². The van der Waals surface area contributed by atoms with E-state index >= 15 is 0 Å². The molecule has 0 spiro atoms. The highest BCUT2D eigenvalue weighted by atomic mass is 32.9. The second kappa shape index (κ2) is 10.2. The standard InChI is InChI=1S/C12H27PS2/c1-3-5-7-8-9-10-12-13(14,15)11-6-4-2/h3-12H2,1-2H3,(H,14,15). The highest BCUT2D eigenvalue weighted by molar-refractivity contribution is 8.63. The van der Waals surface area contributed by atoms with Crippen molar-refractivity contribution in [1.29, 1.82) is 0 Å². The molecule has 0 aromatic carbocycles. The predicted molar refractivity (Wildman–Crippen MR) is 81.3 cm³/mol. The van der Waals surface area contributed by atoms with Crippen LogP contribution in [0.5, 0.6) is 0 Å². The van der Waals surface area contributed by atoms with Crippen molar-refractivity contribution in [2.24, 2.45) is 0 Å². The molecule has 1 atom stereocenters. The van der Waals surface area contributed by atoms with Crippen LogP contribution in [-0.2, 0) is 11.8 Å². The van der Waals surface area contributed by atoms with Crippen molar-refractivity contribution < 1.29 is 0 Å². The van der Waals surface area contributed by atoms with Crippen LogP contribution in [0.1, 0.15) is 65.2 Å².